The zero-order valence-electron chi connectivity index (χ0n) is 14.5. The van der Waals surface area contributed by atoms with E-state index < -0.39 is 5.92 Å². The van der Waals surface area contributed by atoms with Crippen molar-refractivity contribution < 1.29 is 9.53 Å². The van der Waals surface area contributed by atoms with E-state index in [1.54, 1.807) is 37.3 Å². The van der Waals surface area contributed by atoms with E-state index in [-0.39, 0.29) is 5.78 Å². The summed E-state index contributed by atoms with van der Waals surface area (Å²) in [5.74, 6) is 0.449. The minimum atomic E-state index is -0.984. The Morgan fingerprint density at radius 1 is 1.00 bits per heavy atom. The maximum atomic E-state index is 12.9. The third-order valence-electron chi connectivity index (χ3n) is 3.77. The number of ether oxygens (including phenoxy) is 1. The number of ketones is 1. The summed E-state index contributed by atoms with van der Waals surface area (Å²) in [7, 11) is 0. The van der Waals surface area contributed by atoms with Crippen LogP contribution in [0.3, 0.4) is 0 Å². The zero-order valence-corrected chi connectivity index (χ0v) is 14.5. The topological polar surface area (TPSA) is 75.9 Å². The lowest BCUT2D eigenvalue weighted by molar-refractivity contribution is 0.0977. The largest absolute Gasteiger partial charge is 0.457 e. The van der Waals surface area contributed by atoms with Crippen LogP contribution in [0.1, 0.15) is 33.5 Å². The standard InChI is InChI=1S/C21H17N3O2/c1-14-11-20(24-15(2)23-14)19(13-22)21(25)16-7-6-10-18(12-16)26-17-8-4-3-5-9-17/h3-12,19H,1-2H3/t19-/m1/s1. The monoisotopic (exact) mass is 343 g/mol. The third-order valence-corrected chi connectivity index (χ3v) is 3.77. The number of rotatable bonds is 5. The number of hydrogen-bond acceptors (Lipinski definition) is 5. The molecule has 0 unspecified atom stereocenters. The SMILES string of the molecule is Cc1cc([C@@H](C#N)C(=O)c2cccc(Oc3ccccc3)c2)nc(C)n1. The Morgan fingerprint density at radius 2 is 1.73 bits per heavy atom. The zero-order chi connectivity index (χ0) is 18.5. The van der Waals surface area contributed by atoms with Gasteiger partial charge >= 0.3 is 0 Å². The predicted octanol–water partition coefficient (Wildman–Crippen LogP) is 4.38. The van der Waals surface area contributed by atoms with Crippen LogP contribution in [0.25, 0.3) is 0 Å². The van der Waals surface area contributed by atoms with Gasteiger partial charge in [0.1, 0.15) is 17.3 Å². The summed E-state index contributed by atoms with van der Waals surface area (Å²) in [4.78, 5) is 21.3. The van der Waals surface area contributed by atoms with Crippen molar-refractivity contribution in [1.29, 1.82) is 5.26 Å². The lowest BCUT2D eigenvalue weighted by atomic mass is 9.95. The fourth-order valence-corrected chi connectivity index (χ4v) is 2.66. The summed E-state index contributed by atoms with van der Waals surface area (Å²) >= 11 is 0. The Bertz CT molecular complexity index is 958. The van der Waals surface area contributed by atoms with Gasteiger partial charge in [0.25, 0.3) is 0 Å². The summed E-state index contributed by atoms with van der Waals surface area (Å²) in [5, 5.41) is 9.53. The van der Waals surface area contributed by atoms with Crippen molar-refractivity contribution in [2.24, 2.45) is 0 Å². The van der Waals surface area contributed by atoms with Gasteiger partial charge in [-0.1, -0.05) is 30.3 Å². The average Bonchev–Trinajstić information content (AvgIpc) is 2.62. The number of Topliss-reactive ketones (excluding diaryl/α,β-unsaturated/α-hetero) is 1. The van der Waals surface area contributed by atoms with Crippen LogP contribution in [-0.4, -0.2) is 15.8 Å². The van der Waals surface area contributed by atoms with Crippen LogP contribution in [0.5, 0.6) is 11.5 Å². The van der Waals surface area contributed by atoms with E-state index in [1.165, 1.54) is 0 Å². The van der Waals surface area contributed by atoms with Gasteiger partial charge in [0.05, 0.1) is 11.8 Å². The van der Waals surface area contributed by atoms with Crippen LogP contribution in [-0.2, 0) is 0 Å². The van der Waals surface area contributed by atoms with Gasteiger partial charge in [0.15, 0.2) is 11.7 Å². The van der Waals surface area contributed by atoms with Crippen LogP contribution >= 0.6 is 0 Å². The number of nitriles is 1. The molecule has 0 spiro atoms. The first-order chi connectivity index (χ1) is 12.6. The molecule has 0 aliphatic carbocycles. The minimum Gasteiger partial charge on any atom is -0.457 e. The lowest BCUT2D eigenvalue weighted by Gasteiger charge is -2.11. The number of carbonyl (C=O) groups is 1. The molecule has 1 atom stereocenters. The number of aromatic nitrogens is 2. The van der Waals surface area contributed by atoms with E-state index in [0.717, 1.165) is 5.69 Å². The smallest absolute Gasteiger partial charge is 0.186 e. The second kappa shape index (κ2) is 7.58. The van der Waals surface area contributed by atoms with Gasteiger partial charge in [-0.2, -0.15) is 5.26 Å². The van der Waals surface area contributed by atoms with Crippen LogP contribution in [0.15, 0.2) is 60.7 Å². The number of benzene rings is 2. The maximum Gasteiger partial charge on any atom is 0.186 e. The molecular formula is C21H17N3O2. The molecule has 5 nitrogen and oxygen atoms in total. The number of hydrogen-bond donors (Lipinski definition) is 0. The van der Waals surface area contributed by atoms with Crippen LogP contribution in [0.4, 0.5) is 0 Å². The van der Waals surface area contributed by atoms with Gasteiger partial charge in [-0.3, -0.25) is 4.79 Å². The third kappa shape index (κ3) is 3.93. The minimum absolute atomic E-state index is 0.316. The molecule has 0 bridgehead atoms. The highest BCUT2D eigenvalue weighted by Gasteiger charge is 2.24. The van der Waals surface area contributed by atoms with Crippen molar-refractivity contribution in [1.82, 2.24) is 9.97 Å². The Morgan fingerprint density at radius 3 is 2.42 bits per heavy atom. The molecule has 0 fully saturated rings. The maximum absolute atomic E-state index is 12.9. The van der Waals surface area contributed by atoms with Gasteiger partial charge < -0.3 is 4.74 Å². The molecule has 2 aromatic carbocycles. The first-order valence-electron chi connectivity index (χ1n) is 8.16. The molecule has 0 N–H and O–H groups in total. The molecule has 0 aliphatic heterocycles. The lowest BCUT2D eigenvalue weighted by Crippen LogP contribution is -2.14. The van der Waals surface area contributed by atoms with Crippen molar-refractivity contribution in [2.45, 2.75) is 19.8 Å². The van der Waals surface area contributed by atoms with Crippen LogP contribution < -0.4 is 4.74 Å². The Balaban J connectivity index is 1.89. The molecular weight excluding hydrogens is 326 g/mol. The van der Waals surface area contributed by atoms with Gasteiger partial charge in [0.2, 0.25) is 0 Å². The predicted molar refractivity (Wildman–Crippen MR) is 97.1 cm³/mol. The summed E-state index contributed by atoms with van der Waals surface area (Å²) in [6.45, 7) is 3.55. The summed E-state index contributed by atoms with van der Waals surface area (Å²) in [6.07, 6.45) is 0. The first-order valence-corrected chi connectivity index (χ1v) is 8.16. The molecule has 1 heterocycles. The molecule has 1 aromatic heterocycles. The molecule has 0 aliphatic rings. The highest BCUT2D eigenvalue weighted by Crippen LogP contribution is 2.25. The summed E-state index contributed by atoms with van der Waals surface area (Å²) in [6, 6.07) is 19.8. The van der Waals surface area contributed by atoms with E-state index >= 15 is 0 Å². The Labute approximate surface area is 151 Å². The Hall–Kier alpha value is -3.52. The van der Waals surface area contributed by atoms with Crippen molar-refractivity contribution in [3.05, 3.63) is 83.4 Å². The molecule has 0 amide bonds. The second-order valence-corrected chi connectivity index (χ2v) is 5.85. The quantitative estimate of drug-likeness (QED) is 0.643. The van der Waals surface area contributed by atoms with Crippen LogP contribution in [0.2, 0.25) is 0 Å². The van der Waals surface area contributed by atoms with E-state index in [1.807, 2.05) is 37.3 Å². The van der Waals surface area contributed by atoms with Gasteiger partial charge in [-0.25, -0.2) is 9.97 Å². The highest BCUT2D eigenvalue weighted by molar-refractivity contribution is 6.02. The molecule has 0 radical (unpaired) electrons. The Kier molecular flexibility index (Phi) is 5.04. The van der Waals surface area contributed by atoms with Gasteiger partial charge in [0, 0.05) is 11.3 Å². The number of aryl methyl sites for hydroxylation is 2. The molecule has 5 heteroatoms. The first kappa shape index (κ1) is 17.3. The van der Waals surface area contributed by atoms with Crippen molar-refractivity contribution in [2.75, 3.05) is 0 Å². The summed E-state index contributed by atoms with van der Waals surface area (Å²) in [5.41, 5.74) is 1.54. The van der Waals surface area contributed by atoms with Gasteiger partial charge in [-0.05, 0) is 44.2 Å². The second-order valence-electron chi connectivity index (χ2n) is 5.85. The molecule has 128 valence electrons. The molecule has 0 saturated heterocycles. The van der Waals surface area contributed by atoms with Gasteiger partial charge in [-0.15, -0.1) is 0 Å². The van der Waals surface area contributed by atoms with E-state index in [2.05, 4.69) is 16.0 Å². The molecule has 3 aromatic rings. The molecule has 3 rings (SSSR count). The number of nitrogens with zero attached hydrogens (tertiary/aromatic N) is 3. The number of para-hydroxylation sites is 1. The molecule has 26 heavy (non-hydrogen) atoms. The fourth-order valence-electron chi connectivity index (χ4n) is 2.66. The average molecular weight is 343 g/mol. The highest BCUT2D eigenvalue weighted by atomic mass is 16.5. The van der Waals surface area contributed by atoms with Crippen molar-refractivity contribution >= 4 is 5.78 Å². The van der Waals surface area contributed by atoms with E-state index in [0.29, 0.717) is 28.6 Å². The van der Waals surface area contributed by atoms with Crippen molar-refractivity contribution in [3.8, 4) is 17.6 Å². The van der Waals surface area contributed by atoms with Crippen LogP contribution in [0, 0.1) is 25.2 Å². The van der Waals surface area contributed by atoms with E-state index in [9.17, 15) is 10.1 Å². The number of carbonyl (C=O) groups excluding carboxylic acids is 1. The molecule has 0 saturated carbocycles. The summed E-state index contributed by atoms with van der Waals surface area (Å²) < 4.78 is 5.77. The van der Waals surface area contributed by atoms with E-state index in [4.69, 9.17) is 4.74 Å². The van der Waals surface area contributed by atoms with Crippen molar-refractivity contribution in [3.63, 3.8) is 0 Å². The fraction of sp³-hybridized carbons (Fsp3) is 0.143. The normalized spacial score (nSPS) is 11.4.